The quantitative estimate of drug-likeness (QED) is 0.650. The van der Waals surface area contributed by atoms with Crippen LogP contribution in [0.2, 0.25) is 10.0 Å². The van der Waals surface area contributed by atoms with Gasteiger partial charge in [-0.3, -0.25) is 5.21 Å². The number of aliphatic hydroxyl groups is 1. The maximum atomic E-state index is 12.6. The Morgan fingerprint density at radius 3 is 2.14 bits per heavy atom. The molecule has 2 N–H and O–H groups in total. The van der Waals surface area contributed by atoms with Crippen molar-refractivity contribution in [1.29, 1.82) is 0 Å². The van der Waals surface area contributed by atoms with Gasteiger partial charge in [0.2, 0.25) is 0 Å². The predicted octanol–water partition coefficient (Wildman–Crippen LogP) is 4.06. The number of hydrazine groups is 1. The van der Waals surface area contributed by atoms with E-state index in [1.54, 1.807) is 0 Å². The Kier molecular flexibility index (Phi) is 6.82. The van der Waals surface area contributed by atoms with Crippen molar-refractivity contribution < 1.29 is 23.5 Å². The number of nitrogens with zero attached hydrogens (tertiary/aromatic N) is 2. The van der Waals surface area contributed by atoms with E-state index in [0.717, 1.165) is 19.3 Å². The van der Waals surface area contributed by atoms with Crippen molar-refractivity contribution >= 4 is 33.2 Å². The Bertz CT molecular complexity index is 908. The molecule has 0 aliphatic carbocycles. The molecule has 0 aromatic heterocycles. The molecule has 0 bridgehead atoms. The number of rotatable bonds is 6. The van der Waals surface area contributed by atoms with Gasteiger partial charge in [0.05, 0.1) is 21.5 Å². The van der Waals surface area contributed by atoms with Gasteiger partial charge in [-0.2, -0.15) is 0 Å². The lowest BCUT2D eigenvalue weighted by atomic mass is 10.2. The van der Waals surface area contributed by atoms with Gasteiger partial charge < -0.3 is 9.84 Å². The molecule has 0 unspecified atom stereocenters. The molecule has 1 aliphatic rings. The first-order chi connectivity index (χ1) is 13.3. The third kappa shape index (κ3) is 4.60. The van der Waals surface area contributed by atoms with E-state index in [1.807, 2.05) is 0 Å². The largest absolute Gasteiger partial charge is 0.454 e. The summed E-state index contributed by atoms with van der Waals surface area (Å²) in [5, 5.41) is 21.2. The summed E-state index contributed by atoms with van der Waals surface area (Å²) in [5.74, 6) is 0.523. The summed E-state index contributed by atoms with van der Waals surface area (Å²) in [6, 6.07) is 8.63. The van der Waals surface area contributed by atoms with Gasteiger partial charge in [0.15, 0.2) is 5.75 Å². The van der Waals surface area contributed by atoms with Crippen molar-refractivity contribution in [2.24, 2.45) is 0 Å². The average molecular weight is 447 g/mol. The summed E-state index contributed by atoms with van der Waals surface area (Å²) < 4.78 is 31.2. The standard InChI is InChI=1S/C18H20Cl2N2O5S/c19-16-10-13(12-23)11-17(20)18(16)27-14-4-6-15(7-5-14)28(25,26)22(24)21-8-2-1-3-9-21/h4-7,10-11,23-24H,1-3,8-9,12H2. The molecule has 10 heteroatoms. The van der Waals surface area contributed by atoms with E-state index in [9.17, 15) is 18.7 Å². The van der Waals surface area contributed by atoms with E-state index in [1.165, 1.54) is 41.4 Å². The molecule has 1 fully saturated rings. The first-order valence-corrected chi connectivity index (χ1v) is 10.9. The third-order valence-corrected chi connectivity index (χ3v) is 6.46. The second-order valence-electron chi connectivity index (χ2n) is 6.36. The van der Waals surface area contributed by atoms with Gasteiger partial charge in [0, 0.05) is 13.1 Å². The van der Waals surface area contributed by atoms with Crippen LogP contribution in [0.3, 0.4) is 0 Å². The van der Waals surface area contributed by atoms with E-state index in [2.05, 4.69) is 0 Å². The minimum atomic E-state index is -4.07. The van der Waals surface area contributed by atoms with Gasteiger partial charge in [-0.25, -0.2) is 13.4 Å². The van der Waals surface area contributed by atoms with Gasteiger partial charge in [0.25, 0.3) is 10.0 Å². The van der Waals surface area contributed by atoms with Crippen LogP contribution < -0.4 is 4.74 Å². The lowest BCUT2D eigenvalue weighted by molar-refractivity contribution is -0.173. The van der Waals surface area contributed by atoms with Gasteiger partial charge in [-0.1, -0.05) is 29.6 Å². The molecule has 1 aliphatic heterocycles. The van der Waals surface area contributed by atoms with Crippen molar-refractivity contribution in [1.82, 2.24) is 9.59 Å². The Morgan fingerprint density at radius 2 is 1.61 bits per heavy atom. The zero-order valence-corrected chi connectivity index (χ0v) is 17.2. The van der Waals surface area contributed by atoms with Gasteiger partial charge in [-0.05, 0) is 59.4 Å². The van der Waals surface area contributed by atoms with Crippen LogP contribution in [0.1, 0.15) is 24.8 Å². The highest BCUT2D eigenvalue weighted by Crippen LogP contribution is 2.37. The maximum Gasteiger partial charge on any atom is 0.278 e. The summed E-state index contributed by atoms with van der Waals surface area (Å²) >= 11 is 12.3. The van der Waals surface area contributed by atoms with E-state index >= 15 is 0 Å². The van der Waals surface area contributed by atoms with Crippen molar-refractivity contribution in [3.8, 4) is 11.5 Å². The highest BCUT2D eigenvalue weighted by Gasteiger charge is 2.29. The molecule has 0 saturated carbocycles. The van der Waals surface area contributed by atoms with Crippen LogP contribution in [-0.2, 0) is 16.6 Å². The first-order valence-electron chi connectivity index (χ1n) is 8.68. The van der Waals surface area contributed by atoms with E-state index in [-0.39, 0.29) is 27.3 Å². The zero-order valence-electron chi connectivity index (χ0n) is 14.9. The predicted molar refractivity (Wildman–Crippen MR) is 105 cm³/mol. The normalized spacial score (nSPS) is 15.8. The van der Waals surface area contributed by atoms with Crippen LogP contribution in [-0.4, -0.2) is 41.4 Å². The topological polar surface area (TPSA) is 90.3 Å². The fourth-order valence-electron chi connectivity index (χ4n) is 2.89. The molecule has 0 atom stereocenters. The van der Waals surface area contributed by atoms with Crippen LogP contribution in [0, 0.1) is 0 Å². The number of aliphatic hydroxyl groups excluding tert-OH is 1. The van der Waals surface area contributed by atoms with Crippen molar-refractivity contribution in [3.05, 3.63) is 52.0 Å². The lowest BCUT2D eigenvalue weighted by Crippen LogP contribution is -2.46. The molecule has 0 amide bonds. The Labute approximate surface area is 173 Å². The molecule has 7 nitrogen and oxygen atoms in total. The highest BCUT2D eigenvalue weighted by atomic mass is 35.5. The number of benzene rings is 2. The Balaban J connectivity index is 1.78. The summed E-state index contributed by atoms with van der Waals surface area (Å²) in [4.78, 5) is -0.0688. The lowest BCUT2D eigenvalue weighted by Gasteiger charge is -2.31. The molecule has 0 radical (unpaired) electrons. The van der Waals surface area contributed by atoms with E-state index in [0.29, 0.717) is 29.0 Å². The van der Waals surface area contributed by atoms with Crippen molar-refractivity contribution in [2.75, 3.05) is 13.1 Å². The summed E-state index contributed by atoms with van der Waals surface area (Å²) in [6.45, 7) is 0.760. The average Bonchev–Trinajstić information content (AvgIpc) is 2.71. The monoisotopic (exact) mass is 446 g/mol. The molecular weight excluding hydrogens is 427 g/mol. The Morgan fingerprint density at radius 1 is 1.04 bits per heavy atom. The number of sulfonamides is 1. The fourth-order valence-corrected chi connectivity index (χ4v) is 4.64. The minimum Gasteiger partial charge on any atom is -0.454 e. The zero-order chi connectivity index (χ0) is 20.3. The number of hydrogen-bond acceptors (Lipinski definition) is 6. The number of halogens is 2. The molecule has 3 rings (SSSR count). The van der Waals surface area contributed by atoms with Gasteiger partial charge >= 0.3 is 0 Å². The van der Waals surface area contributed by atoms with Crippen LogP contribution in [0.5, 0.6) is 11.5 Å². The van der Waals surface area contributed by atoms with Gasteiger partial charge in [-0.15, -0.1) is 0 Å². The molecule has 1 heterocycles. The second-order valence-corrected chi connectivity index (χ2v) is 8.92. The SMILES string of the molecule is O=S(=O)(c1ccc(Oc2c(Cl)cc(CO)cc2Cl)cc1)N(O)N1CCCCC1. The second kappa shape index (κ2) is 8.96. The first kappa shape index (κ1) is 21.3. The molecule has 0 spiro atoms. The van der Waals surface area contributed by atoms with Crippen molar-refractivity contribution in [3.63, 3.8) is 0 Å². The van der Waals surface area contributed by atoms with Crippen LogP contribution >= 0.6 is 23.2 Å². The molecule has 2 aromatic carbocycles. The molecular formula is C18H20Cl2N2O5S. The number of ether oxygens (including phenoxy) is 1. The highest BCUT2D eigenvalue weighted by molar-refractivity contribution is 7.88. The molecule has 1 saturated heterocycles. The van der Waals surface area contributed by atoms with Crippen LogP contribution in [0.4, 0.5) is 0 Å². The third-order valence-electron chi connectivity index (χ3n) is 4.37. The van der Waals surface area contributed by atoms with Gasteiger partial charge in [0.1, 0.15) is 5.75 Å². The number of piperidine rings is 1. The minimum absolute atomic E-state index is 0.0688. The maximum absolute atomic E-state index is 12.6. The fraction of sp³-hybridized carbons (Fsp3) is 0.333. The molecule has 152 valence electrons. The summed E-state index contributed by atoms with van der Waals surface area (Å²) in [5.41, 5.74) is 0.546. The number of hydrogen-bond donors (Lipinski definition) is 2. The van der Waals surface area contributed by atoms with Crippen LogP contribution in [0.25, 0.3) is 0 Å². The molecule has 28 heavy (non-hydrogen) atoms. The van der Waals surface area contributed by atoms with Crippen molar-refractivity contribution in [2.45, 2.75) is 30.8 Å². The van der Waals surface area contributed by atoms with E-state index < -0.39 is 10.0 Å². The Hall–Kier alpha value is -1.39. The smallest absolute Gasteiger partial charge is 0.278 e. The molecule has 2 aromatic rings. The summed E-state index contributed by atoms with van der Waals surface area (Å²) in [6.07, 6.45) is 2.67. The van der Waals surface area contributed by atoms with E-state index in [4.69, 9.17) is 27.9 Å². The van der Waals surface area contributed by atoms with Crippen LogP contribution in [0.15, 0.2) is 41.3 Å². The summed E-state index contributed by atoms with van der Waals surface area (Å²) in [7, 11) is -4.07.